The van der Waals surface area contributed by atoms with Crippen molar-refractivity contribution in [3.63, 3.8) is 0 Å². The normalized spacial score (nSPS) is 11.2. The zero-order chi connectivity index (χ0) is 30.1. The Labute approximate surface area is 239 Å². The van der Waals surface area contributed by atoms with Crippen molar-refractivity contribution >= 4 is 33.9 Å². The number of hydrogen-bond acceptors (Lipinski definition) is 7. The minimum absolute atomic E-state index is 0.130. The maximum atomic E-state index is 14.1. The number of methoxy groups -OCH3 is 1. The molecule has 0 aliphatic carbocycles. The van der Waals surface area contributed by atoms with Crippen molar-refractivity contribution < 1.29 is 27.4 Å². The molecule has 8 nitrogen and oxygen atoms in total. The summed E-state index contributed by atoms with van der Waals surface area (Å²) in [5.74, 6) is -7.77. The summed E-state index contributed by atoms with van der Waals surface area (Å²) < 4.78 is 63.2. The lowest BCUT2D eigenvalue weighted by atomic mass is 10.1. The Balaban J connectivity index is 1.33. The van der Waals surface area contributed by atoms with Gasteiger partial charge in [-0.1, -0.05) is 18.2 Å². The fourth-order valence-electron chi connectivity index (χ4n) is 4.92. The molecule has 0 saturated carbocycles. The van der Waals surface area contributed by atoms with Crippen molar-refractivity contribution in [2.45, 2.75) is 12.8 Å². The molecule has 0 aliphatic heterocycles. The highest BCUT2D eigenvalue weighted by molar-refractivity contribution is 5.95. The Bertz CT molecular complexity index is 1760. The van der Waals surface area contributed by atoms with Crippen molar-refractivity contribution in [1.82, 2.24) is 14.5 Å². The van der Waals surface area contributed by atoms with Gasteiger partial charge < -0.3 is 30.4 Å². The molecule has 218 valence electrons. The highest BCUT2D eigenvalue weighted by Gasteiger charge is 2.25. The third-order valence-electron chi connectivity index (χ3n) is 7.09. The number of rotatable bonds is 9. The van der Waals surface area contributed by atoms with E-state index in [0.717, 1.165) is 22.2 Å². The van der Waals surface area contributed by atoms with Gasteiger partial charge in [-0.3, -0.25) is 0 Å². The minimum Gasteiger partial charge on any atom is -0.503 e. The Morgan fingerprint density at radius 1 is 1.05 bits per heavy atom. The highest BCUT2D eigenvalue weighted by Crippen LogP contribution is 2.37. The molecule has 0 fully saturated rings. The lowest BCUT2D eigenvalue weighted by Crippen LogP contribution is -2.21. The summed E-state index contributed by atoms with van der Waals surface area (Å²) in [6.45, 7) is 0.235. The summed E-state index contributed by atoms with van der Waals surface area (Å²) >= 11 is 0. The summed E-state index contributed by atoms with van der Waals surface area (Å²) in [5, 5.41) is 13.4. The van der Waals surface area contributed by atoms with Crippen LogP contribution in [0.4, 0.5) is 40.6 Å². The Kier molecular flexibility index (Phi) is 7.79. The van der Waals surface area contributed by atoms with Crippen LogP contribution in [-0.2, 0) is 13.5 Å². The monoisotopic (exact) mass is 580 g/mol. The van der Waals surface area contributed by atoms with E-state index in [2.05, 4.69) is 10.3 Å². The van der Waals surface area contributed by atoms with E-state index < -0.39 is 34.6 Å². The van der Waals surface area contributed by atoms with Crippen molar-refractivity contribution in [2.24, 2.45) is 7.05 Å². The second kappa shape index (κ2) is 11.5. The number of nitrogens with two attached hydrogens (primary N) is 1. The summed E-state index contributed by atoms with van der Waals surface area (Å²) in [6, 6.07) is 13.2. The summed E-state index contributed by atoms with van der Waals surface area (Å²) in [5.41, 5.74) is 9.78. The minimum atomic E-state index is -1.82. The van der Waals surface area contributed by atoms with E-state index in [0.29, 0.717) is 28.8 Å². The second-order valence-electron chi connectivity index (χ2n) is 9.78. The quantitative estimate of drug-likeness (QED) is 0.107. The first-order chi connectivity index (χ1) is 20.1. The highest BCUT2D eigenvalue weighted by atomic mass is 19.2. The molecule has 0 spiro atoms. The van der Waals surface area contributed by atoms with Crippen LogP contribution < -0.4 is 20.7 Å². The molecular weight excluding hydrogens is 552 g/mol. The molecule has 0 bridgehead atoms. The molecule has 0 atom stereocenters. The second-order valence-corrected chi connectivity index (χ2v) is 9.78. The van der Waals surface area contributed by atoms with Crippen LogP contribution in [0.25, 0.3) is 22.2 Å². The molecule has 0 unspecified atom stereocenters. The molecule has 2 aromatic heterocycles. The van der Waals surface area contributed by atoms with Gasteiger partial charge in [-0.2, -0.15) is 8.78 Å². The predicted molar refractivity (Wildman–Crippen MR) is 154 cm³/mol. The summed E-state index contributed by atoms with van der Waals surface area (Å²) in [6.07, 6.45) is 3.49. The largest absolute Gasteiger partial charge is 0.503 e. The first kappa shape index (κ1) is 28.5. The third kappa shape index (κ3) is 5.22. The number of para-hydroxylation sites is 1. The van der Waals surface area contributed by atoms with Gasteiger partial charge in [-0.15, -0.1) is 0 Å². The van der Waals surface area contributed by atoms with E-state index in [1.807, 2.05) is 48.1 Å². The molecule has 3 aromatic carbocycles. The first-order valence-corrected chi connectivity index (χ1v) is 13.0. The average Bonchev–Trinajstić information content (AvgIpc) is 3.33. The summed E-state index contributed by atoms with van der Waals surface area (Å²) in [7, 11) is 5.18. The van der Waals surface area contributed by atoms with E-state index in [1.165, 1.54) is 7.11 Å². The van der Waals surface area contributed by atoms with Gasteiger partial charge in [0.15, 0.2) is 17.4 Å². The first-order valence-electron chi connectivity index (χ1n) is 13.0. The zero-order valence-electron chi connectivity index (χ0n) is 23.1. The van der Waals surface area contributed by atoms with Crippen LogP contribution in [0.3, 0.4) is 0 Å². The topological polar surface area (TPSA) is 101 Å². The number of benzene rings is 3. The smallest absolute Gasteiger partial charge is 0.227 e. The summed E-state index contributed by atoms with van der Waals surface area (Å²) in [4.78, 5) is 10.8. The van der Waals surface area contributed by atoms with Gasteiger partial charge in [0, 0.05) is 61.1 Å². The number of nitrogens with one attached hydrogen (secondary N) is 1. The maximum absolute atomic E-state index is 14.1. The molecule has 42 heavy (non-hydrogen) atoms. The molecule has 12 heteroatoms. The van der Waals surface area contributed by atoms with E-state index in [-0.39, 0.29) is 19.4 Å². The van der Waals surface area contributed by atoms with Crippen LogP contribution >= 0.6 is 0 Å². The SMILES string of the molecule is COc1cc(N(C)CCCc2c(F)c(F)c(O)c(F)c2F)c(N)cc1Nc1nccc(-c2cn(C)c3ccccc23)n1. The van der Waals surface area contributed by atoms with Gasteiger partial charge in [-0.25, -0.2) is 18.7 Å². The number of aromatic nitrogens is 3. The van der Waals surface area contributed by atoms with Crippen molar-refractivity contribution in [3.8, 4) is 22.8 Å². The number of anilines is 4. The Hall–Kier alpha value is -5.00. The number of nitrogens with zero attached hydrogens (tertiary/aromatic N) is 4. The van der Waals surface area contributed by atoms with Crippen molar-refractivity contribution in [2.75, 3.05) is 36.7 Å². The van der Waals surface area contributed by atoms with Gasteiger partial charge >= 0.3 is 0 Å². The van der Waals surface area contributed by atoms with Gasteiger partial charge in [-0.05, 0) is 31.0 Å². The van der Waals surface area contributed by atoms with Gasteiger partial charge in [0.05, 0.1) is 29.9 Å². The fraction of sp³-hybridized carbons (Fsp3) is 0.200. The number of aromatic hydroxyl groups is 1. The number of halogens is 4. The third-order valence-corrected chi connectivity index (χ3v) is 7.09. The van der Waals surface area contributed by atoms with E-state index in [1.54, 1.807) is 30.3 Å². The number of phenolic OH excluding ortho intramolecular Hbond substituents is 1. The lowest BCUT2D eigenvalue weighted by molar-refractivity contribution is 0.350. The van der Waals surface area contributed by atoms with E-state index in [4.69, 9.17) is 15.5 Å². The standard InChI is InChI=1S/C30H28F4N6O2/c1-39(12-6-8-17-25(31)27(33)29(41)28(34)26(17)32)23-14-24(42-3)21(13-19(23)35)38-30-36-11-10-20(37-30)18-15-40(2)22-9-5-4-7-16(18)22/h4-5,7,9-11,13-15,41H,6,8,12,35H2,1-3H3,(H,36,37,38). The molecular formula is C30H28F4N6O2. The number of ether oxygens (including phenoxy) is 1. The molecule has 0 saturated heterocycles. The van der Waals surface area contributed by atoms with Crippen LogP contribution in [0.1, 0.15) is 12.0 Å². The van der Waals surface area contributed by atoms with Gasteiger partial charge in [0.25, 0.3) is 0 Å². The molecule has 5 rings (SSSR count). The maximum Gasteiger partial charge on any atom is 0.227 e. The molecule has 0 aliphatic rings. The van der Waals surface area contributed by atoms with Crippen LogP contribution in [0.5, 0.6) is 11.5 Å². The van der Waals surface area contributed by atoms with Crippen molar-refractivity contribution in [3.05, 3.63) is 83.7 Å². The van der Waals surface area contributed by atoms with Gasteiger partial charge in [0.2, 0.25) is 17.6 Å². The number of fused-ring (bicyclic) bond motifs is 1. The predicted octanol–water partition coefficient (Wildman–Crippen LogP) is 6.30. The van der Waals surface area contributed by atoms with Crippen LogP contribution in [0.15, 0.2) is 54.9 Å². The van der Waals surface area contributed by atoms with Crippen molar-refractivity contribution in [1.29, 1.82) is 0 Å². The number of hydrogen-bond donors (Lipinski definition) is 3. The van der Waals surface area contributed by atoms with Gasteiger partial charge in [0.1, 0.15) is 5.75 Å². The van der Waals surface area contributed by atoms with E-state index in [9.17, 15) is 22.7 Å². The Morgan fingerprint density at radius 2 is 1.76 bits per heavy atom. The number of aryl methyl sites for hydroxylation is 1. The molecule has 5 aromatic rings. The lowest BCUT2D eigenvalue weighted by Gasteiger charge is -2.23. The molecule has 0 radical (unpaired) electrons. The van der Waals surface area contributed by atoms with Crippen LogP contribution in [0, 0.1) is 23.3 Å². The number of phenols is 1. The Morgan fingerprint density at radius 3 is 2.48 bits per heavy atom. The molecule has 0 amide bonds. The van der Waals surface area contributed by atoms with Crippen LogP contribution in [0.2, 0.25) is 0 Å². The zero-order valence-corrected chi connectivity index (χ0v) is 23.1. The molecule has 2 heterocycles. The fourth-order valence-corrected chi connectivity index (χ4v) is 4.92. The number of nitrogen functional groups attached to an aromatic ring is 1. The molecule has 4 N–H and O–H groups in total. The van der Waals surface area contributed by atoms with Crippen LogP contribution in [-0.4, -0.2) is 40.3 Å². The van der Waals surface area contributed by atoms with E-state index >= 15 is 0 Å². The average molecular weight is 581 g/mol.